The van der Waals surface area contributed by atoms with Crippen molar-refractivity contribution < 1.29 is 19.8 Å². The maximum absolute atomic E-state index is 12.6. The number of rotatable bonds is 2. The molecular weight excluding hydrogens is 258 g/mol. The molecule has 0 bridgehead atoms. The number of hydrogen-bond donors (Lipinski definition) is 2. The minimum atomic E-state index is -1.07. The van der Waals surface area contributed by atoms with E-state index in [1.54, 1.807) is 0 Å². The van der Waals surface area contributed by atoms with Gasteiger partial charge < -0.3 is 15.1 Å². The second-order valence-electron chi connectivity index (χ2n) is 5.47. The largest absolute Gasteiger partial charge is 0.480 e. The molecule has 1 aromatic rings. The van der Waals surface area contributed by atoms with Gasteiger partial charge in [0.25, 0.3) is 5.91 Å². The van der Waals surface area contributed by atoms with E-state index in [-0.39, 0.29) is 18.9 Å². The fourth-order valence-corrected chi connectivity index (χ4v) is 2.93. The van der Waals surface area contributed by atoms with Crippen LogP contribution in [0.25, 0.3) is 0 Å². The zero-order chi connectivity index (χ0) is 15.0. The molecule has 1 fully saturated rings. The Morgan fingerprint density at radius 3 is 2.25 bits per heavy atom. The van der Waals surface area contributed by atoms with Crippen molar-refractivity contribution in [1.29, 1.82) is 0 Å². The number of carboxylic acids is 1. The SMILES string of the molecule is Cc1cc(C)c(C(=O)N2CC(O)CC2C(=O)O)c(C)c1. The van der Waals surface area contributed by atoms with Crippen LogP contribution in [0.15, 0.2) is 12.1 Å². The number of carbonyl (C=O) groups is 2. The summed E-state index contributed by atoms with van der Waals surface area (Å²) in [6.07, 6.45) is -0.684. The molecule has 1 amide bonds. The van der Waals surface area contributed by atoms with Gasteiger partial charge in [0.2, 0.25) is 0 Å². The van der Waals surface area contributed by atoms with Crippen molar-refractivity contribution in [1.82, 2.24) is 4.90 Å². The number of nitrogens with zero attached hydrogens (tertiary/aromatic N) is 1. The molecule has 1 heterocycles. The number of aryl methyl sites for hydroxylation is 3. The lowest BCUT2D eigenvalue weighted by Gasteiger charge is -2.23. The van der Waals surface area contributed by atoms with Crippen molar-refractivity contribution in [3.8, 4) is 0 Å². The van der Waals surface area contributed by atoms with Crippen LogP contribution in [-0.4, -0.2) is 45.7 Å². The van der Waals surface area contributed by atoms with Crippen molar-refractivity contribution >= 4 is 11.9 Å². The average molecular weight is 277 g/mol. The number of carbonyl (C=O) groups excluding carboxylic acids is 1. The van der Waals surface area contributed by atoms with Gasteiger partial charge in [-0.3, -0.25) is 4.79 Å². The zero-order valence-electron chi connectivity index (χ0n) is 11.9. The minimum absolute atomic E-state index is 0.0720. The highest BCUT2D eigenvalue weighted by Crippen LogP contribution is 2.24. The number of amides is 1. The minimum Gasteiger partial charge on any atom is -0.480 e. The molecule has 2 N–H and O–H groups in total. The van der Waals surface area contributed by atoms with Gasteiger partial charge in [-0.15, -0.1) is 0 Å². The lowest BCUT2D eigenvalue weighted by atomic mass is 9.98. The summed E-state index contributed by atoms with van der Waals surface area (Å²) < 4.78 is 0. The topological polar surface area (TPSA) is 77.8 Å². The Labute approximate surface area is 117 Å². The lowest BCUT2D eigenvalue weighted by Crippen LogP contribution is -2.41. The number of likely N-dealkylation sites (tertiary alicyclic amines) is 1. The molecule has 2 rings (SSSR count). The zero-order valence-corrected chi connectivity index (χ0v) is 11.9. The van der Waals surface area contributed by atoms with Gasteiger partial charge >= 0.3 is 5.97 Å². The van der Waals surface area contributed by atoms with Crippen molar-refractivity contribution in [2.45, 2.75) is 39.3 Å². The normalized spacial score (nSPS) is 22.1. The summed E-state index contributed by atoms with van der Waals surface area (Å²) in [5, 5.41) is 18.8. The fourth-order valence-electron chi connectivity index (χ4n) is 2.93. The third-order valence-electron chi connectivity index (χ3n) is 3.72. The van der Waals surface area contributed by atoms with E-state index in [4.69, 9.17) is 0 Å². The number of hydrogen-bond acceptors (Lipinski definition) is 3. The molecule has 5 nitrogen and oxygen atoms in total. The molecule has 0 saturated carbocycles. The van der Waals surface area contributed by atoms with Gasteiger partial charge in [0.1, 0.15) is 6.04 Å². The number of aliphatic carboxylic acids is 1. The molecule has 0 aromatic heterocycles. The number of aliphatic hydroxyl groups is 1. The van der Waals surface area contributed by atoms with E-state index >= 15 is 0 Å². The predicted octanol–water partition coefficient (Wildman–Crippen LogP) is 1.27. The van der Waals surface area contributed by atoms with E-state index in [9.17, 15) is 19.8 Å². The van der Waals surface area contributed by atoms with E-state index in [2.05, 4.69) is 0 Å². The predicted molar refractivity (Wildman–Crippen MR) is 73.7 cm³/mol. The molecule has 0 spiro atoms. The Hall–Kier alpha value is -1.88. The Balaban J connectivity index is 2.39. The van der Waals surface area contributed by atoms with Crippen LogP contribution in [0.1, 0.15) is 33.5 Å². The Bertz CT molecular complexity index is 544. The van der Waals surface area contributed by atoms with Crippen LogP contribution in [0.3, 0.4) is 0 Å². The fraction of sp³-hybridized carbons (Fsp3) is 0.467. The molecule has 5 heteroatoms. The summed E-state index contributed by atoms with van der Waals surface area (Å²) in [6.45, 7) is 5.71. The number of β-amino-alcohol motifs (C(OH)–C–C–N with tert-alkyl or cyclic N) is 1. The second kappa shape index (κ2) is 5.25. The van der Waals surface area contributed by atoms with E-state index in [1.807, 2.05) is 32.9 Å². The average Bonchev–Trinajstić information content (AvgIpc) is 2.70. The quantitative estimate of drug-likeness (QED) is 0.853. The van der Waals surface area contributed by atoms with Gasteiger partial charge in [0.05, 0.1) is 6.10 Å². The van der Waals surface area contributed by atoms with Crippen LogP contribution >= 0.6 is 0 Å². The molecule has 1 saturated heterocycles. The van der Waals surface area contributed by atoms with Crippen LogP contribution in [0, 0.1) is 20.8 Å². The van der Waals surface area contributed by atoms with Crippen LogP contribution in [0.4, 0.5) is 0 Å². The summed E-state index contributed by atoms with van der Waals surface area (Å²) in [6, 6.07) is 2.86. The Morgan fingerprint density at radius 1 is 1.20 bits per heavy atom. The summed E-state index contributed by atoms with van der Waals surface area (Å²) in [5.74, 6) is -1.39. The number of benzene rings is 1. The highest BCUT2D eigenvalue weighted by Gasteiger charge is 2.39. The molecule has 20 heavy (non-hydrogen) atoms. The highest BCUT2D eigenvalue weighted by atomic mass is 16.4. The molecule has 108 valence electrons. The maximum Gasteiger partial charge on any atom is 0.326 e. The van der Waals surface area contributed by atoms with Crippen LogP contribution < -0.4 is 0 Å². The molecule has 2 unspecified atom stereocenters. The summed E-state index contributed by atoms with van der Waals surface area (Å²) >= 11 is 0. The van der Waals surface area contributed by atoms with Crippen molar-refractivity contribution in [2.24, 2.45) is 0 Å². The first kappa shape index (κ1) is 14.5. The molecule has 0 radical (unpaired) electrons. The van der Waals surface area contributed by atoms with E-state index < -0.39 is 18.1 Å². The van der Waals surface area contributed by atoms with E-state index in [0.29, 0.717) is 5.56 Å². The van der Waals surface area contributed by atoms with Crippen molar-refractivity contribution in [3.63, 3.8) is 0 Å². The first-order chi connectivity index (χ1) is 9.31. The monoisotopic (exact) mass is 277 g/mol. The Kier molecular flexibility index (Phi) is 3.81. The van der Waals surface area contributed by atoms with Gasteiger partial charge in [-0.25, -0.2) is 4.79 Å². The van der Waals surface area contributed by atoms with Crippen LogP contribution in [0.5, 0.6) is 0 Å². The molecular formula is C15H19NO4. The van der Waals surface area contributed by atoms with Crippen LogP contribution in [-0.2, 0) is 4.79 Å². The van der Waals surface area contributed by atoms with Crippen molar-refractivity contribution in [3.05, 3.63) is 34.4 Å². The lowest BCUT2D eigenvalue weighted by molar-refractivity contribution is -0.141. The van der Waals surface area contributed by atoms with E-state index in [0.717, 1.165) is 16.7 Å². The molecule has 1 aliphatic rings. The van der Waals surface area contributed by atoms with Gasteiger partial charge in [-0.1, -0.05) is 17.7 Å². The first-order valence-corrected chi connectivity index (χ1v) is 6.61. The third kappa shape index (κ3) is 2.54. The maximum atomic E-state index is 12.6. The molecule has 0 aliphatic carbocycles. The second-order valence-corrected chi connectivity index (χ2v) is 5.47. The summed E-state index contributed by atoms with van der Waals surface area (Å²) in [5.41, 5.74) is 3.26. The van der Waals surface area contributed by atoms with E-state index in [1.165, 1.54) is 4.90 Å². The Morgan fingerprint density at radius 2 is 1.75 bits per heavy atom. The molecule has 2 atom stereocenters. The first-order valence-electron chi connectivity index (χ1n) is 6.61. The highest BCUT2D eigenvalue weighted by molar-refractivity contribution is 5.99. The summed E-state index contributed by atoms with van der Waals surface area (Å²) in [7, 11) is 0. The molecule has 1 aliphatic heterocycles. The van der Waals surface area contributed by atoms with Gasteiger partial charge in [0.15, 0.2) is 0 Å². The van der Waals surface area contributed by atoms with Gasteiger partial charge in [0, 0.05) is 18.5 Å². The third-order valence-corrected chi connectivity index (χ3v) is 3.72. The van der Waals surface area contributed by atoms with Crippen LogP contribution in [0.2, 0.25) is 0 Å². The van der Waals surface area contributed by atoms with Crippen molar-refractivity contribution in [2.75, 3.05) is 6.54 Å². The number of aliphatic hydroxyl groups excluding tert-OH is 1. The summed E-state index contributed by atoms with van der Waals surface area (Å²) in [4.78, 5) is 25.1. The smallest absolute Gasteiger partial charge is 0.326 e. The van der Waals surface area contributed by atoms with Gasteiger partial charge in [-0.05, 0) is 31.9 Å². The number of carboxylic acid groups (broad SMARTS) is 1. The molecule has 1 aromatic carbocycles. The van der Waals surface area contributed by atoms with Gasteiger partial charge in [-0.2, -0.15) is 0 Å². The standard InChI is InChI=1S/C15H19NO4/c1-8-4-9(2)13(10(3)5-8)14(18)16-7-11(17)6-12(16)15(19)20/h4-5,11-12,17H,6-7H2,1-3H3,(H,19,20).